The van der Waals surface area contributed by atoms with E-state index in [4.69, 9.17) is 0 Å². The number of aryl methyl sites for hydroxylation is 1. The zero-order chi connectivity index (χ0) is 11.4. The van der Waals surface area contributed by atoms with Crippen LogP contribution in [0.15, 0.2) is 16.4 Å². The maximum absolute atomic E-state index is 10.8. The third kappa shape index (κ3) is 1.81. The molecule has 0 aliphatic heterocycles. The number of hydrogen-bond donors (Lipinski definition) is 0. The zero-order valence-corrected chi connectivity index (χ0v) is 8.48. The monoisotopic (exact) mass is 206 g/mol. The highest BCUT2D eigenvalue weighted by molar-refractivity contribution is 5.88. The first-order valence-corrected chi connectivity index (χ1v) is 4.47. The Balaban J connectivity index is 3.65. The molecule has 0 aliphatic rings. The molecule has 0 N–H and O–H groups in total. The third-order valence-electron chi connectivity index (χ3n) is 2.29. The van der Waals surface area contributed by atoms with Gasteiger partial charge in [-0.05, 0) is 35.3 Å². The molecular formula is C10H10N2O3. The second kappa shape index (κ2) is 4.54. The maximum Gasteiger partial charge on any atom is 0.152 e. The smallest absolute Gasteiger partial charge is 0.152 e. The van der Waals surface area contributed by atoms with Crippen LogP contribution < -0.4 is 0 Å². The van der Waals surface area contributed by atoms with E-state index in [1.165, 1.54) is 6.07 Å². The molecule has 0 amide bonds. The topological polar surface area (TPSA) is 75.9 Å². The Hall–Kier alpha value is -1.91. The van der Waals surface area contributed by atoms with E-state index in [0.29, 0.717) is 23.8 Å². The summed E-state index contributed by atoms with van der Waals surface area (Å²) in [6.45, 7) is 3.40. The van der Waals surface area contributed by atoms with Gasteiger partial charge in [0.25, 0.3) is 0 Å². The fourth-order valence-electron chi connectivity index (χ4n) is 1.52. The first-order chi connectivity index (χ1) is 7.19. The minimum atomic E-state index is 0.0297. The number of aldehydes is 1. The summed E-state index contributed by atoms with van der Waals surface area (Å²) in [5, 5.41) is 5.62. The van der Waals surface area contributed by atoms with Crippen LogP contribution in [-0.2, 0) is 6.42 Å². The molecule has 5 heteroatoms. The highest BCUT2D eigenvalue weighted by atomic mass is 16.3. The van der Waals surface area contributed by atoms with Crippen LogP contribution >= 0.6 is 0 Å². The molecule has 0 saturated carbocycles. The van der Waals surface area contributed by atoms with E-state index in [2.05, 4.69) is 10.4 Å². The summed E-state index contributed by atoms with van der Waals surface area (Å²) in [7, 11) is 0. The van der Waals surface area contributed by atoms with Gasteiger partial charge in [0.1, 0.15) is 11.4 Å². The summed E-state index contributed by atoms with van der Waals surface area (Å²) in [6.07, 6.45) is 1.00. The minimum absolute atomic E-state index is 0.0297. The van der Waals surface area contributed by atoms with Crippen LogP contribution in [0.4, 0.5) is 11.4 Å². The van der Waals surface area contributed by atoms with Crippen molar-refractivity contribution in [2.24, 2.45) is 10.4 Å². The maximum atomic E-state index is 10.8. The fourth-order valence-corrected chi connectivity index (χ4v) is 1.52. The molecule has 78 valence electrons. The molecule has 0 atom stereocenters. The lowest BCUT2D eigenvalue weighted by Crippen LogP contribution is -1.93. The van der Waals surface area contributed by atoms with Crippen molar-refractivity contribution in [2.75, 3.05) is 0 Å². The van der Waals surface area contributed by atoms with Crippen molar-refractivity contribution < 1.29 is 4.79 Å². The van der Waals surface area contributed by atoms with Crippen molar-refractivity contribution >= 4 is 17.7 Å². The summed E-state index contributed by atoms with van der Waals surface area (Å²) >= 11 is 0. The van der Waals surface area contributed by atoms with Crippen LogP contribution in [0.1, 0.15) is 28.4 Å². The average molecular weight is 206 g/mol. The molecule has 0 fully saturated rings. The summed E-state index contributed by atoms with van der Waals surface area (Å²) < 4.78 is 0. The van der Waals surface area contributed by atoms with Gasteiger partial charge in [0.2, 0.25) is 0 Å². The highest BCUT2D eigenvalue weighted by Gasteiger charge is 2.15. The molecule has 5 nitrogen and oxygen atoms in total. The zero-order valence-electron chi connectivity index (χ0n) is 8.48. The lowest BCUT2D eigenvalue weighted by molar-refractivity contribution is 0.112. The SMILES string of the molecule is CCc1c(N=O)cc(C)c(C=O)c1N=O. The van der Waals surface area contributed by atoms with Crippen molar-refractivity contribution in [3.63, 3.8) is 0 Å². The third-order valence-corrected chi connectivity index (χ3v) is 2.29. The Kier molecular flexibility index (Phi) is 3.38. The Morgan fingerprint density at radius 1 is 1.33 bits per heavy atom. The summed E-state index contributed by atoms with van der Waals surface area (Å²) in [4.78, 5) is 31.9. The second-order valence-corrected chi connectivity index (χ2v) is 3.11. The molecule has 0 unspecified atom stereocenters. The van der Waals surface area contributed by atoms with Gasteiger partial charge in [-0.15, -0.1) is 9.81 Å². The summed E-state index contributed by atoms with van der Waals surface area (Å²) in [6, 6.07) is 1.49. The number of carbonyl (C=O) groups excluding carboxylic acids is 1. The van der Waals surface area contributed by atoms with Crippen LogP contribution in [0.3, 0.4) is 0 Å². The van der Waals surface area contributed by atoms with Gasteiger partial charge in [0.15, 0.2) is 6.29 Å². The first kappa shape index (κ1) is 11.2. The normalized spacial score (nSPS) is 9.73. The Labute approximate surface area is 86.4 Å². The number of hydrogen-bond acceptors (Lipinski definition) is 5. The van der Waals surface area contributed by atoms with E-state index in [1.807, 2.05) is 0 Å². The van der Waals surface area contributed by atoms with Crippen molar-refractivity contribution in [2.45, 2.75) is 20.3 Å². The van der Waals surface area contributed by atoms with Gasteiger partial charge in [0.05, 0.1) is 0 Å². The van der Waals surface area contributed by atoms with E-state index in [-0.39, 0.29) is 16.9 Å². The van der Waals surface area contributed by atoms with Gasteiger partial charge in [-0.2, -0.15) is 0 Å². The van der Waals surface area contributed by atoms with Crippen LogP contribution in [0.25, 0.3) is 0 Å². The van der Waals surface area contributed by atoms with Crippen molar-refractivity contribution in [1.82, 2.24) is 0 Å². The number of nitroso groups, excluding NO2 is 2. The molecule has 0 aromatic heterocycles. The number of carbonyl (C=O) groups is 1. The molecule has 1 rings (SSSR count). The predicted molar refractivity (Wildman–Crippen MR) is 56.9 cm³/mol. The molecule has 1 aromatic carbocycles. The van der Waals surface area contributed by atoms with Gasteiger partial charge < -0.3 is 0 Å². The van der Waals surface area contributed by atoms with Gasteiger partial charge in [-0.1, -0.05) is 6.92 Å². The summed E-state index contributed by atoms with van der Waals surface area (Å²) in [5.41, 5.74) is 1.39. The summed E-state index contributed by atoms with van der Waals surface area (Å²) in [5.74, 6) is 0. The van der Waals surface area contributed by atoms with Gasteiger partial charge >= 0.3 is 0 Å². The second-order valence-electron chi connectivity index (χ2n) is 3.11. The van der Waals surface area contributed by atoms with Crippen LogP contribution in [0, 0.1) is 16.7 Å². The van der Waals surface area contributed by atoms with E-state index in [0.717, 1.165) is 0 Å². The van der Waals surface area contributed by atoms with Crippen LogP contribution in [0.5, 0.6) is 0 Å². The molecule has 0 heterocycles. The molecular weight excluding hydrogens is 196 g/mol. The minimum Gasteiger partial charge on any atom is -0.298 e. The largest absolute Gasteiger partial charge is 0.298 e. The lowest BCUT2D eigenvalue weighted by Gasteiger charge is -2.08. The molecule has 0 saturated heterocycles. The quantitative estimate of drug-likeness (QED) is 0.560. The number of benzene rings is 1. The lowest BCUT2D eigenvalue weighted by atomic mass is 9.99. The van der Waals surface area contributed by atoms with Crippen molar-refractivity contribution in [3.05, 3.63) is 32.6 Å². The molecule has 0 spiro atoms. The van der Waals surface area contributed by atoms with E-state index in [9.17, 15) is 14.6 Å². The van der Waals surface area contributed by atoms with Crippen molar-refractivity contribution in [3.8, 4) is 0 Å². The number of rotatable bonds is 4. The Morgan fingerprint density at radius 2 is 2.00 bits per heavy atom. The van der Waals surface area contributed by atoms with E-state index in [1.54, 1.807) is 13.8 Å². The molecule has 0 bridgehead atoms. The van der Waals surface area contributed by atoms with E-state index < -0.39 is 0 Å². The van der Waals surface area contributed by atoms with Gasteiger partial charge in [0, 0.05) is 11.1 Å². The molecule has 1 aromatic rings. The Bertz CT molecular complexity index is 427. The van der Waals surface area contributed by atoms with Crippen LogP contribution in [0.2, 0.25) is 0 Å². The highest BCUT2D eigenvalue weighted by Crippen LogP contribution is 2.34. The standard InChI is InChI=1S/C10H10N2O3/c1-3-7-9(11-14)4-6(2)8(5-13)10(7)12-15/h4-5H,3H2,1-2H3. The molecule has 0 radical (unpaired) electrons. The van der Waals surface area contributed by atoms with Crippen molar-refractivity contribution in [1.29, 1.82) is 0 Å². The molecule has 0 aliphatic carbocycles. The predicted octanol–water partition coefficient (Wildman–Crippen LogP) is 3.17. The van der Waals surface area contributed by atoms with Gasteiger partial charge in [-0.25, -0.2) is 0 Å². The van der Waals surface area contributed by atoms with Crippen LogP contribution in [-0.4, -0.2) is 6.29 Å². The average Bonchev–Trinajstić information content (AvgIpc) is 2.27. The van der Waals surface area contributed by atoms with Gasteiger partial charge in [-0.3, -0.25) is 4.79 Å². The molecule has 15 heavy (non-hydrogen) atoms. The number of nitrogens with zero attached hydrogens (tertiary/aromatic N) is 2. The Morgan fingerprint density at radius 3 is 2.40 bits per heavy atom. The first-order valence-electron chi connectivity index (χ1n) is 4.47. The fraction of sp³-hybridized carbons (Fsp3) is 0.300. The van der Waals surface area contributed by atoms with E-state index >= 15 is 0 Å².